The molecule has 0 spiro atoms. The van der Waals surface area contributed by atoms with Crippen molar-refractivity contribution in [1.82, 2.24) is 10.7 Å². The van der Waals surface area contributed by atoms with Crippen LogP contribution in [-0.4, -0.2) is 10.7 Å². The minimum atomic E-state index is -1.64. The van der Waals surface area contributed by atoms with Gasteiger partial charge in [-0.05, 0) is 21.9 Å². The monoisotopic (exact) mass is 256 g/mol. The van der Waals surface area contributed by atoms with Crippen LogP contribution in [0.5, 0.6) is 0 Å². The Labute approximate surface area is 99.8 Å². The Morgan fingerprint density at radius 3 is 1.56 bits per heavy atom. The molecule has 2 atom stereocenters. The van der Waals surface area contributed by atoms with E-state index in [2.05, 4.69) is 0 Å². The summed E-state index contributed by atoms with van der Waals surface area (Å²) in [6.07, 6.45) is 0. The highest BCUT2D eigenvalue weighted by Crippen LogP contribution is 2.50. The van der Waals surface area contributed by atoms with Gasteiger partial charge in [-0.15, -0.1) is 17.9 Å². The number of nitrogens with zero attached hydrogens (tertiary/aromatic N) is 2. The summed E-state index contributed by atoms with van der Waals surface area (Å²) in [6, 6.07) is 6.30. The third-order valence-electron chi connectivity index (χ3n) is 3.33. The van der Waals surface area contributed by atoms with Crippen molar-refractivity contribution in [2.24, 2.45) is 0 Å². The molecule has 0 bridgehead atoms. The smallest absolute Gasteiger partial charge is 0.101 e. The van der Waals surface area contributed by atoms with Crippen LogP contribution in [-0.2, 0) is 0 Å². The van der Waals surface area contributed by atoms with Crippen molar-refractivity contribution >= 4 is 10.8 Å². The zero-order valence-electron chi connectivity index (χ0n) is 9.03. The van der Waals surface area contributed by atoms with E-state index in [-0.39, 0.29) is 11.1 Å². The summed E-state index contributed by atoms with van der Waals surface area (Å²) in [5.74, 6) is 0. The molecule has 2 nitrogen and oxygen atoms in total. The van der Waals surface area contributed by atoms with E-state index in [9.17, 15) is 17.9 Å². The van der Waals surface area contributed by atoms with Crippen LogP contribution in [0.4, 0.5) is 17.9 Å². The fraction of sp³-hybridized carbons (Fsp3) is 0.167. The first-order valence-corrected chi connectivity index (χ1v) is 5.34. The second kappa shape index (κ2) is 3.93. The molecule has 0 aliphatic heterocycles. The molecule has 3 rings (SSSR count). The van der Waals surface area contributed by atoms with Gasteiger partial charge in [0.1, 0.15) is 12.1 Å². The molecule has 6 heteroatoms. The average Bonchev–Trinajstić information content (AvgIpc) is 2.67. The molecule has 0 saturated heterocycles. The van der Waals surface area contributed by atoms with E-state index < -0.39 is 22.8 Å². The topological polar surface area (TPSA) is 6.48 Å². The van der Waals surface area contributed by atoms with Crippen LogP contribution >= 0.6 is 0 Å². The quantitative estimate of drug-likeness (QED) is 0.590. The molecular formula is C12H8F4N2. The molecule has 2 aromatic carbocycles. The van der Waals surface area contributed by atoms with Crippen molar-refractivity contribution in [2.75, 3.05) is 0 Å². The Bertz CT molecular complexity index is 551. The second-order valence-corrected chi connectivity index (χ2v) is 4.20. The Morgan fingerprint density at radius 1 is 0.722 bits per heavy atom. The Balaban J connectivity index is 2.32. The van der Waals surface area contributed by atoms with Gasteiger partial charge >= 0.3 is 0 Å². The van der Waals surface area contributed by atoms with Crippen LogP contribution in [0.25, 0.3) is 10.8 Å². The third-order valence-corrected chi connectivity index (χ3v) is 3.33. The van der Waals surface area contributed by atoms with Crippen molar-refractivity contribution < 1.29 is 17.9 Å². The van der Waals surface area contributed by atoms with Crippen LogP contribution in [0.1, 0.15) is 23.2 Å². The van der Waals surface area contributed by atoms with Crippen LogP contribution in [0.2, 0.25) is 0 Å². The predicted octanol–water partition coefficient (Wildman–Crippen LogP) is 4.08. The zero-order chi connectivity index (χ0) is 12.9. The van der Waals surface area contributed by atoms with E-state index >= 15 is 0 Å². The molecule has 94 valence electrons. The molecule has 18 heavy (non-hydrogen) atoms. The maximum Gasteiger partial charge on any atom is 0.124 e. The lowest BCUT2D eigenvalue weighted by molar-refractivity contribution is -0.260. The predicted molar refractivity (Wildman–Crippen MR) is 57.5 cm³/mol. The van der Waals surface area contributed by atoms with E-state index in [4.69, 9.17) is 0 Å². The largest absolute Gasteiger partial charge is 0.124 e. The number of hydrogen-bond donors (Lipinski definition) is 0. The maximum absolute atomic E-state index is 12.9. The summed E-state index contributed by atoms with van der Waals surface area (Å²) in [5.41, 5.74) is 0.469. The van der Waals surface area contributed by atoms with Crippen molar-refractivity contribution in [3.63, 3.8) is 0 Å². The van der Waals surface area contributed by atoms with Gasteiger partial charge in [-0.1, -0.05) is 36.4 Å². The molecule has 0 aromatic heterocycles. The number of halogens is 4. The summed E-state index contributed by atoms with van der Waals surface area (Å²) in [5, 5.41) is -1.10. The van der Waals surface area contributed by atoms with E-state index in [1.165, 1.54) is 12.1 Å². The average molecular weight is 256 g/mol. The summed E-state index contributed by atoms with van der Waals surface area (Å²) in [7, 11) is 0. The number of hydrogen-bond acceptors (Lipinski definition) is 2. The lowest BCUT2D eigenvalue weighted by Gasteiger charge is -2.20. The Hall–Kier alpha value is -1.66. The third kappa shape index (κ3) is 1.42. The van der Waals surface area contributed by atoms with Gasteiger partial charge in [0.2, 0.25) is 0 Å². The molecule has 0 unspecified atom stereocenters. The van der Waals surface area contributed by atoms with Crippen molar-refractivity contribution in [2.45, 2.75) is 12.1 Å². The van der Waals surface area contributed by atoms with E-state index in [1.807, 2.05) is 0 Å². The molecule has 0 heterocycles. The highest BCUT2D eigenvalue weighted by atomic mass is 19.4. The van der Waals surface area contributed by atoms with Crippen LogP contribution < -0.4 is 0 Å². The number of benzene rings is 2. The fourth-order valence-electron chi connectivity index (χ4n) is 2.66. The minimum absolute atomic E-state index is 0.235. The molecule has 0 fully saturated rings. The Kier molecular flexibility index (Phi) is 2.49. The minimum Gasteiger partial charge on any atom is -0.101 e. The normalized spacial score (nSPS) is 22.3. The first kappa shape index (κ1) is 11.4. The van der Waals surface area contributed by atoms with E-state index in [0.29, 0.717) is 10.8 Å². The van der Waals surface area contributed by atoms with Crippen LogP contribution in [0.3, 0.4) is 0 Å². The fourth-order valence-corrected chi connectivity index (χ4v) is 2.66. The lowest BCUT2D eigenvalue weighted by atomic mass is 10.0. The van der Waals surface area contributed by atoms with Crippen molar-refractivity contribution in [3.8, 4) is 0 Å². The lowest BCUT2D eigenvalue weighted by Crippen LogP contribution is -2.23. The highest BCUT2D eigenvalue weighted by Gasteiger charge is 2.44. The first-order valence-electron chi connectivity index (χ1n) is 5.34. The zero-order valence-corrected chi connectivity index (χ0v) is 9.03. The van der Waals surface area contributed by atoms with Gasteiger partial charge in [0.15, 0.2) is 0 Å². The maximum atomic E-state index is 12.9. The molecule has 2 aromatic rings. The summed E-state index contributed by atoms with van der Waals surface area (Å²) in [4.78, 5) is 0. The summed E-state index contributed by atoms with van der Waals surface area (Å²) >= 11 is 0. The SMILES string of the molecule is FN(F)[C@@H]1c2cccc3cccc(c23)[C@@H]1N(F)F. The van der Waals surface area contributed by atoms with E-state index in [0.717, 1.165) is 0 Å². The van der Waals surface area contributed by atoms with Gasteiger partial charge in [0.05, 0.1) is 0 Å². The van der Waals surface area contributed by atoms with Crippen molar-refractivity contribution in [3.05, 3.63) is 47.5 Å². The second-order valence-electron chi connectivity index (χ2n) is 4.20. The van der Waals surface area contributed by atoms with Gasteiger partial charge in [0.25, 0.3) is 0 Å². The molecule has 0 amide bonds. The molecular weight excluding hydrogens is 248 g/mol. The molecule has 1 aliphatic carbocycles. The summed E-state index contributed by atoms with van der Waals surface area (Å²) < 4.78 is 51.7. The molecule has 0 N–H and O–H groups in total. The first-order chi connectivity index (χ1) is 8.61. The van der Waals surface area contributed by atoms with Gasteiger partial charge in [-0.3, -0.25) is 0 Å². The van der Waals surface area contributed by atoms with Crippen molar-refractivity contribution in [1.29, 1.82) is 0 Å². The van der Waals surface area contributed by atoms with Gasteiger partial charge in [-0.2, -0.15) is 0 Å². The van der Waals surface area contributed by atoms with Gasteiger partial charge < -0.3 is 0 Å². The Morgan fingerprint density at radius 2 is 1.17 bits per heavy atom. The van der Waals surface area contributed by atoms with Gasteiger partial charge in [0, 0.05) is 10.7 Å². The number of rotatable bonds is 2. The van der Waals surface area contributed by atoms with Crippen LogP contribution in [0.15, 0.2) is 36.4 Å². The van der Waals surface area contributed by atoms with E-state index in [1.54, 1.807) is 24.3 Å². The molecule has 1 aliphatic rings. The van der Waals surface area contributed by atoms with Crippen LogP contribution in [0, 0.1) is 0 Å². The standard InChI is InChI=1S/C12H8F4N2/c13-17(14)11-8-5-1-3-7-4-2-6-9(10(7)8)12(11)18(15)16/h1-6,11-12H/t11-,12+. The summed E-state index contributed by atoms with van der Waals surface area (Å²) in [6.45, 7) is 0. The molecule has 0 radical (unpaired) electrons. The molecule has 0 saturated carbocycles. The highest BCUT2D eigenvalue weighted by molar-refractivity contribution is 5.92. The van der Waals surface area contributed by atoms with Gasteiger partial charge in [-0.25, -0.2) is 0 Å².